The number of benzene rings is 2. The van der Waals surface area contributed by atoms with E-state index >= 15 is 0 Å². The highest BCUT2D eigenvalue weighted by atomic mass is 32.2. The Morgan fingerprint density at radius 2 is 1.14 bits per heavy atom. The lowest BCUT2D eigenvalue weighted by atomic mass is 10.2. The Bertz CT molecular complexity index is 1170. The Kier molecular flexibility index (Phi) is 10.9. The van der Waals surface area contributed by atoms with E-state index in [-0.39, 0.29) is 47.7 Å². The standard InChI is InChI=1S/C24H24N4O6S3/c1-3-33-21(31)15-9-5-7-11-17(15)25-19(29)13-35-23-27-28-24(37-23)36-14-20(30)26-18-12-8-6-10-16(18)22(32)34-4-2/h5-12H,3-4,13-14H2,1-2H3,(H,25,29)(H,26,30). The number of para-hydroxylation sites is 2. The van der Waals surface area contributed by atoms with Gasteiger partial charge in [0, 0.05) is 0 Å². The van der Waals surface area contributed by atoms with Crippen LogP contribution in [-0.2, 0) is 19.1 Å². The van der Waals surface area contributed by atoms with Crippen LogP contribution < -0.4 is 10.6 Å². The Morgan fingerprint density at radius 1 is 0.730 bits per heavy atom. The van der Waals surface area contributed by atoms with Crippen molar-refractivity contribution in [1.29, 1.82) is 0 Å². The van der Waals surface area contributed by atoms with Crippen LogP contribution in [0.2, 0.25) is 0 Å². The molecule has 2 N–H and O–H groups in total. The average Bonchev–Trinajstić information content (AvgIpc) is 3.35. The van der Waals surface area contributed by atoms with Crippen LogP contribution in [0.3, 0.4) is 0 Å². The molecule has 0 aliphatic heterocycles. The predicted molar refractivity (Wildman–Crippen MR) is 143 cm³/mol. The van der Waals surface area contributed by atoms with E-state index in [0.717, 1.165) is 0 Å². The van der Waals surface area contributed by atoms with Crippen molar-refractivity contribution >= 4 is 70.0 Å². The molecular formula is C24H24N4O6S3. The summed E-state index contributed by atoms with van der Waals surface area (Å²) in [6.07, 6.45) is 0. The zero-order chi connectivity index (χ0) is 26.6. The van der Waals surface area contributed by atoms with Gasteiger partial charge in [0.2, 0.25) is 11.8 Å². The van der Waals surface area contributed by atoms with Crippen LogP contribution >= 0.6 is 34.9 Å². The van der Waals surface area contributed by atoms with Gasteiger partial charge in [-0.3, -0.25) is 9.59 Å². The maximum Gasteiger partial charge on any atom is 0.340 e. The van der Waals surface area contributed by atoms with Gasteiger partial charge in [0.15, 0.2) is 8.68 Å². The van der Waals surface area contributed by atoms with Crippen molar-refractivity contribution in [3.63, 3.8) is 0 Å². The van der Waals surface area contributed by atoms with Crippen LogP contribution in [0, 0.1) is 0 Å². The Morgan fingerprint density at radius 3 is 1.54 bits per heavy atom. The van der Waals surface area contributed by atoms with Crippen molar-refractivity contribution in [3.8, 4) is 0 Å². The number of aromatic nitrogens is 2. The van der Waals surface area contributed by atoms with Crippen LogP contribution in [0.5, 0.6) is 0 Å². The van der Waals surface area contributed by atoms with Crippen molar-refractivity contribution in [2.75, 3.05) is 35.4 Å². The zero-order valence-corrected chi connectivity index (χ0v) is 22.5. The molecule has 1 heterocycles. The Labute approximate surface area is 225 Å². The van der Waals surface area contributed by atoms with Gasteiger partial charge in [-0.2, -0.15) is 0 Å². The van der Waals surface area contributed by atoms with Crippen LogP contribution in [-0.4, -0.2) is 58.7 Å². The topological polar surface area (TPSA) is 137 Å². The maximum atomic E-state index is 12.4. The Hall–Kier alpha value is -3.42. The minimum atomic E-state index is -0.509. The van der Waals surface area contributed by atoms with E-state index in [0.29, 0.717) is 20.1 Å². The molecule has 194 valence electrons. The van der Waals surface area contributed by atoms with Crippen LogP contribution in [0.15, 0.2) is 57.2 Å². The van der Waals surface area contributed by atoms with Gasteiger partial charge >= 0.3 is 11.9 Å². The van der Waals surface area contributed by atoms with Gasteiger partial charge in [0.05, 0.1) is 47.2 Å². The third kappa shape index (κ3) is 8.58. The Balaban J connectivity index is 1.48. The first-order chi connectivity index (χ1) is 17.9. The first-order valence-corrected chi connectivity index (χ1v) is 13.9. The van der Waals surface area contributed by atoms with Crippen LogP contribution in [0.1, 0.15) is 34.6 Å². The molecule has 13 heteroatoms. The number of esters is 2. The molecule has 0 radical (unpaired) electrons. The number of ether oxygens (including phenoxy) is 2. The normalized spacial score (nSPS) is 10.4. The summed E-state index contributed by atoms with van der Waals surface area (Å²) in [4.78, 5) is 49.0. The third-order valence-electron chi connectivity index (χ3n) is 4.43. The fraction of sp³-hybridized carbons (Fsp3) is 0.250. The SMILES string of the molecule is CCOC(=O)c1ccccc1NC(=O)CSc1nnc(SCC(=O)Nc2ccccc2C(=O)OCC)s1. The van der Waals surface area contributed by atoms with Gasteiger partial charge in [0.1, 0.15) is 0 Å². The lowest BCUT2D eigenvalue weighted by Gasteiger charge is -2.09. The average molecular weight is 561 g/mol. The van der Waals surface area contributed by atoms with Gasteiger partial charge in [0.25, 0.3) is 0 Å². The summed E-state index contributed by atoms with van der Waals surface area (Å²) in [6.45, 7) is 3.89. The fourth-order valence-corrected chi connectivity index (χ4v) is 5.52. The van der Waals surface area contributed by atoms with Crippen molar-refractivity contribution in [3.05, 3.63) is 59.7 Å². The molecule has 3 rings (SSSR count). The number of thioether (sulfide) groups is 2. The quantitative estimate of drug-likeness (QED) is 0.243. The second-order valence-corrected chi connectivity index (χ2v) is 10.5. The fourth-order valence-electron chi connectivity index (χ4n) is 2.90. The number of hydrogen-bond donors (Lipinski definition) is 2. The number of hydrogen-bond acceptors (Lipinski definition) is 11. The van der Waals surface area contributed by atoms with Crippen molar-refractivity contribution < 1.29 is 28.7 Å². The van der Waals surface area contributed by atoms with Crippen LogP contribution in [0.4, 0.5) is 11.4 Å². The number of carbonyl (C=O) groups excluding carboxylic acids is 4. The third-order valence-corrected chi connectivity index (χ3v) is 7.62. The molecule has 3 aromatic rings. The van der Waals surface area contributed by atoms with Gasteiger partial charge in [-0.05, 0) is 38.1 Å². The number of amides is 2. The molecule has 0 saturated heterocycles. The van der Waals surface area contributed by atoms with E-state index in [1.165, 1.54) is 34.9 Å². The lowest BCUT2D eigenvalue weighted by molar-refractivity contribution is -0.114. The molecule has 0 bridgehead atoms. The highest BCUT2D eigenvalue weighted by Crippen LogP contribution is 2.29. The first-order valence-electron chi connectivity index (χ1n) is 11.1. The molecule has 0 aliphatic carbocycles. The second-order valence-electron chi connectivity index (χ2n) is 7.04. The summed E-state index contributed by atoms with van der Waals surface area (Å²) >= 11 is 3.64. The molecule has 2 amide bonds. The largest absolute Gasteiger partial charge is 0.462 e. The molecule has 37 heavy (non-hydrogen) atoms. The van der Waals surface area contributed by atoms with Gasteiger partial charge in [-0.1, -0.05) is 59.1 Å². The van der Waals surface area contributed by atoms with Gasteiger partial charge in [-0.15, -0.1) is 10.2 Å². The molecule has 0 unspecified atom stereocenters. The smallest absolute Gasteiger partial charge is 0.340 e. The van der Waals surface area contributed by atoms with Crippen molar-refractivity contribution in [2.45, 2.75) is 22.5 Å². The zero-order valence-electron chi connectivity index (χ0n) is 20.0. The van der Waals surface area contributed by atoms with E-state index in [1.807, 2.05) is 0 Å². The summed E-state index contributed by atoms with van der Waals surface area (Å²) in [7, 11) is 0. The van der Waals surface area contributed by atoms with Crippen LogP contribution in [0.25, 0.3) is 0 Å². The molecular weight excluding hydrogens is 536 g/mol. The summed E-state index contributed by atoms with van der Waals surface area (Å²) in [6, 6.07) is 13.2. The highest BCUT2D eigenvalue weighted by Gasteiger charge is 2.17. The first kappa shape index (κ1) is 28.2. The van der Waals surface area contributed by atoms with E-state index in [4.69, 9.17) is 9.47 Å². The number of anilines is 2. The molecule has 0 spiro atoms. The molecule has 0 aliphatic rings. The number of carbonyl (C=O) groups is 4. The number of nitrogens with zero attached hydrogens (tertiary/aromatic N) is 2. The minimum Gasteiger partial charge on any atom is -0.462 e. The maximum absolute atomic E-state index is 12.4. The van der Waals surface area contributed by atoms with Gasteiger partial charge in [-0.25, -0.2) is 9.59 Å². The van der Waals surface area contributed by atoms with Gasteiger partial charge < -0.3 is 20.1 Å². The van der Waals surface area contributed by atoms with E-state index < -0.39 is 11.9 Å². The second kappa shape index (κ2) is 14.4. The molecule has 1 aromatic heterocycles. The van der Waals surface area contributed by atoms with Crippen molar-refractivity contribution in [2.24, 2.45) is 0 Å². The molecule has 10 nitrogen and oxygen atoms in total. The summed E-state index contributed by atoms with van der Waals surface area (Å²) < 4.78 is 11.2. The van der Waals surface area contributed by atoms with E-state index in [1.54, 1.807) is 62.4 Å². The number of nitrogens with one attached hydrogen (secondary N) is 2. The lowest BCUT2D eigenvalue weighted by Crippen LogP contribution is -2.17. The van der Waals surface area contributed by atoms with E-state index in [2.05, 4.69) is 20.8 Å². The molecule has 0 fully saturated rings. The molecule has 2 aromatic carbocycles. The summed E-state index contributed by atoms with van der Waals surface area (Å²) in [5.74, 6) is -1.53. The van der Waals surface area contributed by atoms with E-state index in [9.17, 15) is 19.2 Å². The van der Waals surface area contributed by atoms with Crippen molar-refractivity contribution in [1.82, 2.24) is 10.2 Å². The minimum absolute atomic E-state index is 0.0571. The predicted octanol–water partition coefficient (Wildman–Crippen LogP) is 4.35. The highest BCUT2D eigenvalue weighted by molar-refractivity contribution is 8.03. The number of rotatable bonds is 12. The molecule has 0 atom stereocenters. The summed E-state index contributed by atoms with van der Waals surface area (Å²) in [5.41, 5.74) is 1.30. The summed E-state index contributed by atoms with van der Waals surface area (Å²) in [5, 5.41) is 13.5. The monoisotopic (exact) mass is 560 g/mol. The molecule has 0 saturated carbocycles.